The van der Waals surface area contributed by atoms with Crippen molar-refractivity contribution in [3.05, 3.63) is 30.0 Å². The van der Waals surface area contributed by atoms with E-state index in [9.17, 15) is 24.0 Å². The smallest absolute Gasteiger partial charge is 0.289 e. The molecule has 0 spiro atoms. The van der Waals surface area contributed by atoms with Crippen molar-refractivity contribution in [3.8, 4) is 5.75 Å². The molecule has 4 heterocycles. The monoisotopic (exact) mass is 561 g/mol. The number of hydrogen-bond donors (Lipinski definition) is 4. The van der Waals surface area contributed by atoms with Gasteiger partial charge in [-0.1, -0.05) is 6.07 Å². The third-order valence-corrected chi connectivity index (χ3v) is 9.91. The first-order valence-electron chi connectivity index (χ1n) is 14.6. The molecule has 3 aliphatic carbocycles. The number of aromatic amines is 1. The number of carbonyl (C=O) groups is 5. The van der Waals surface area contributed by atoms with E-state index in [0.29, 0.717) is 49.7 Å². The predicted octanol–water partition coefficient (Wildman–Crippen LogP) is 1.42. The zero-order valence-corrected chi connectivity index (χ0v) is 23.1. The summed E-state index contributed by atoms with van der Waals surface area (Å²) in [6.07, 6.45) is 5.47. The van der Waals surface area contributed by atoms with Crippen molar-refractivity contribution in [1.29, 1.82) is 0 Å². The van der Waals surface area contributed by atoms with Crippen LogP contribution in [0, 0.1) is 17.3 Å². The second-order valence-corrected chi connectivity index (χ2v) is 12.7. The van der Waals surface area contributed by atoms with E-state index in [-0.39, 0.29) is 29.7 Å². The number of Topliss-reactive ketones (excluding diaryl/α,β-unsaturated/α-hetero) is 1. The van der Waals surface area contributed by atoms with Crippen LogP contribution in [0.25, 0.3) is 10.9 Å². The van der Waals surface area contributed by atoms with E-state index in [1.807, 2.05) is 18.2 Å². The Morgan fingerprint density at radius 3 is 2.56 bits per heavy atom. The summed E-state index contributed by atoms with van der Waals surface area (Å²) in [7, 11) is 1.58. The summed E-state index contributed by atoms with van der Waals surface area (Å²) < 4.78 is 5.46. The molecule has 1 aromatic heterocycles. The Morgan fingerprint density at radius 2 is 1.90 bits per heavy atom. The van der Waals surface area contributed by atoms with E-state index >= 15 is 0 Å². The molecule has 11 nitrogen and oxygen atoms in total. The number of ketones is 1. The van der Waals surface area contributed by atoms with Gasteiger partial charge in [0.25, 0.3) is 11.8 Å². The van der Waals surface area contributed by atoms with Gasteiger partial charge in [-0.15, -0.1) is 0 Å². The summed E-state index contributed by atoms with van der Waals surface area (Å²) in [5.41, 5.74) is -0.0823. The molecule has 3 aliphatic heterocycles. The van der Waals surface area contributed by atoms with Crippen molar-refractivity contribution in [2.24, 2.45) is 17.3 Å². The van der Waals surface area contributed by atoms with Gasteiger partial charge in [-0.25, -0.2) is 0 Å². The van der Waals surface area contributed by atoms with Crippen LogP contribution in [0.15, 0.2) is 24.3 Å². The third kappa shape index (κ3) is 4.28. The number of methoxy groups -OCH3 is 1. The maximum Gasteiger partial charge on any atom is 0.289 e. The third-order valence-electron chi connectivity index (χ3n) is 9.91. The van der Waals surface area contributed by atoms with Crippen LogP contribution in [0.4, 0.5) is 0 Å². The Labute approximate surface area is 237 Å². The standard InChI is InChI=1S/C30H35N5O6/c1-41-23-4-2-3-20-19(23)12-22(33-20)27(39)35-15-29(17-5-6-17)13-30(35,14-29)28(40)34-21(11-16-9-10-31-25(16)37)24(36)26(38)32-18-7-8-18/h2-4,12,16-18,21,33H,5-11,13-15H2,1H3,(H,31,37)(H,32,38)(H,34,40). The minimum absolute atomic E-state index is 0.0140. The summed E-state index contributed by atoms with van der Waals surface area (Å²) in [5.74, 6) is -1.70. The average Bonchev–Trinajstić information content (AvgIpc) is 3.81. The highest BCUT2D eigenvalue weighted by Crippen LogP contribution is 2.68. The minimum atomic E-state index is -1.14. The first-order valence-corrected chi connectivity index (χ1v) is 14.6. The molecule has 1 aromatic carbocycles. The quantitative estimate of drug-likeness (QED) is 0.322. The van der Waals surface area contributed by atoms with Crippen LogP contribution in [-0.2, 0) is 19.2 Å². The van der Waals surface area contributed by atoms with E-state index in [1.54, 1.807) is 18.1 Å². The van der Waals surface area contributed by atoms with E-state index < -0.39 is 35.1 Å². The van der Waals surface area contributed by atoms with Gasteiger partial charge in [0.2, 0.25) is 17.6 Å². The summed E-state index contributed by atoms with van der Waals surface area (Å²) >= 11 is 0. The summed E-state index contributed by atoms with van der Waals surface area (Å²) in [6, 6.07) is 6.14. The molecule has 6 aliphatic rings. The molecule has 2 bridgehead atoms. The average molecular weight is 562 g/mol. The highest BCUT2D eigenvalue weighted by atomic mass is 16.5. The molecule has 3 saturated carbocycles. The van der Waals surface area contributed by atoms with Gasteiger partial charge < -0.3 is 30.6 Å². The number of carbonyl (C=O) groups excluding carboxylic acids is 5. The topological polar surface area (TPSA) is 150 Å². The van der Waals surface area contributed by atoms with Crippen molar-refractivity contribution in [2.45, 2.75) is 69.0 Å². The van der Waals surface area contributed by atoms with Crippen molar-refractivity contribution in [3.63, 3.8) is 0 Å². The van der Waals surface area contributed by atoms with Gasteiger partial charge in [0, 0.05) is 36.0 Å². The van der Waals surface area contributed by atoms with Crippen molar-refractivity contribution in [1.82, 2.24) is 25.8 Å². The molecule has 3 saturated heterocycles. The normalized spacial score (nSPS) is 29.0. The van der Waals surface area contributed by atoms with Gasteiger partial charge in [0.15, 0.2) is 0 Å². The fourth-order valence-electron chi connectivity index (χ4n) is 7.43. The number of H-pyrrole nitrogens is 1. The molecule has 8 rings (SSSR count). The highest BCUT2D eigenvalue weighted by Gasteiger charge is 2.73. The number of benzene rings is 1. The van der Waals surface area contributed by atoms with Crippen molar-refractivity contribution < 1.29 is 28.7 Å². The lowest BCUT2D eigenvalue weighted by Gasteiger charge is -2.47. The summed E-state index contributed by atoms with van der Waals surface area (Å²) in [6.45, 7) is 0.972. The molecule has 11 heteroatoms. The number of nitrogens with one attached hydrogen (secondary N) is 4. The molecule has 0 radical (unpaired) electrons. The Morgan fingerprint density at radius 1 is 1.12 bits per heavy atom. The number of amides is 4. The number of hydrogen-bond acceptors (Lipinski definition) is 6. The molecule has 41 heavy (non-hydrogen) atoms. The second kappa shape index (κ2) is 9.32. The van der Waals surface area contributed by atoms with Crippen molar-refractivity contribution >= 4 is 40.3 Å². The minimum Gasteiger partial charge on any atom is -0.496 e. The number of ether oxygens (including phenoxy) is 1. The van der Waals surface area contributed by atoms with E-state index in [4.69, 9.17) is 4.74 Å². The molecular formula is C30H35N5O6. The Balaban J connectivity index is 1.16. The van der Waals surface area contributed by atoms with Gasteiger partial charge in [-0.3, -0.25) is 24.0 Å². The van der Waals surface area contributed by atoms with E-state index in [1.165, 1.54) is 0 Å². The van der Waals surface area contributed by atoms with Gasteiger partial charge in [-0.2, -0.15) is 0 Å². The fraction of sp³-hybridized carbons (Fsp3) is 0.567. The molecular weight excluding hydrogens is 526 g/mol. The van der Waals surface area contributed by atoms with Crippen LogP contribution in [-0.4, -0.2) is 77.1 Å². The number of nitrogens with zero attached hydrogens (tertiary/aromatic N) is 1. The maximum atomic E-state index is 14.1. The first-order chi connectivity index (χ1) is 19.7. The largest absolute Gasteiger partial charge is 0.496 e. The Hall–Kier alpha value is -3.89. The molecule has 216 valence electrons. The zero-order chi connectivity index (χ0) is 28.5. The molecule has 2 atom stereocenters. The summed E-state index contributed by atoms with van der Waals surface area (Å²) in [5, 5.41) is 9.12. The Bertz CT molecular complexity index is 1470. The van der Waals surface area contributed by atoms with Crippen LogP contribution in [0.3, 0.4) is 0 Å². The predicted molar refractivity (Wildman–Crippen MR) is 147 cm³/mol. The SMILES string of the molecule is COc1cccc2[nH]c(C(=O)N3CC4(C5CC5)CC3(C(=O)NC(CC3CCNC3=O)C(=O)C(=O)NC3CC3)C4)cc12. The van der Waals surface area contributed by atoms with Gasteiger partial charge in [0.1, 0.15) is 17.0 Å². The lowest BCUT2D eigenvalue weighted by Crippen LogP contribution is -2.64. The lowest BCUT2D eigenvalue weighted by atomic mass is 9.59. The number of rotatable bonds is 10. The molecule has 2 unspecified atom stereocenters. The second-order valence-electron chi connectivity index (χ2n) is 12.7. The molecule has 2 aromatic rings. The van der Waals surface area contributed by atoms with Crippen LogP contribution >= 0.6 is 0 Å². The zero-order valence-electron chi connectivity index (χ0n) is 23.1. The number of aromatic nitrogens is 1. The van der Waals surface area contributed by atoms with Gasteiger partial charge in [0.05, 0.1) is 13.2 Å². The van der Waals surface area contributed by atoms with Crippen LogP contribution in [0.1, 0.15) is 61.9 Å². The first kappa shape index (κ1) is 26.0. The number of fused-ring (bicyclic) bond motifs is 2. The fourth-order valence-corrected chi connectivity index (χ4v) is 7.43. The molecule has 6 fully saturated rings. The maximum absolute atomic E-state index is 14.1. The van der Waals surface area contributed by atoms with Crippen LogP contribution < -0.4 is 20.7 Å². The Kier molecular flexibility index (Phi) is 5.92. The van der Waals surface area contributed by atoms with E-state index in [2.05, 4.69) is 20.9 Å². The van der Waals surface area contributed by atoms with E-state index in [0.717, 1.165) is 36.6 Å². The molecule has 4 N–H and O–H groups in total. The highest BCUT2D eigenvalue weighted by molar-refractivity contribution is 6.38. The lowest BCUT2D eigenvalue weighted by molar-refractivity contribution is -0.143. The van der Waals surface area contributed by atoms with Crippen LogP contribution in [0.5, 0.6) is 5.75 Å². The van der Waals surface area contributed by atoms with Gasteiger partial charge in [-0.05, 0) is 80.9 Å². The van der Waals surface area contributed by atoms with Crippen LogP contribution in [0.2, 0.25) is 0 Å². The van der Waals surface area contributed by atoms with Crippen molar-refractivity contribution in [2.75, 3.05) is 20.2 Å². The molecule has 4 amide bonds. The summed E-state index contributed by atoms with van der Waals surface area (Å²) in [4.78, 5) is 71.4. The van der Waals surface area contributed by atoms with Gasteiger partial charge >= 0.3 is 0 Å².